The van der Waals surface area contributed by atoms with Gasteiger partial charge in [-0.25, -0.2) is 9.97 Å². The third kappa shape index (κ3) is 1.95. The van der Waals surface area contributed by atoms with Crippen molar-refractivity contribution in [1.82, 2.24) is 15.3 Å². The predicted molar refractivity (Wildman–Crippen MR) is 63.0 cm³/mol. The molecule has 2 N–H and O–H groups in total. The molecule has 0 radical (unpaired) electrons. The summed E-state index contributed by atoms with van der Waals surface area (Å²) in [4.78, 5) is 18.9. The lowest BCUT2D eigenvalue weighted by Crippen LogP contribution is -2.42. The molecule has 2 unspecified atom stereocenters. The molecular formula is C12H13N3O3. The van der Waals surface area contributed by atoms with Crippen molar-refractivity contribution in [3.8, 4) is 0 Å². The second kappa shape index (κ2) is 4.38. The van der Waals surface area contributed by atoms with Crippen molar-refractivity contribution in [3.63, 3.8) is 0 Å². The Labute approximate surface area is 103 Å². The summed E-state index contributed by atoms with van der Waals surface area (Å²) in [5, 5.41) is 13.0. The Hall–Kier alpha value is -1.95. The quantitative estimate of drug-likeness (QED) is 0.835. The van der Waals surface area contributed by atoms with Gasteiger partial charge in [0, 0.05) is 6.20 Å². The van der Waals surface area contributed by atoms with Gasteiger partial charge in [0.15, 0.2) is 0 Å². The molecule has 1 fully saturated rings. The molecule has 1 aliphatic heterocycles. The Morgan fingerprint density at radius 3 is 3.17 bits per heavy atom. The molecule has 3 rings (SSSR count). The molecule has 1 aliphatic rings. The molecule has 2 atom stereocenters. The van der Waals surface area contributed by atoms with Crippen LogP contribution in [-0.2, 0) is 4.79 Å². The second-order valence-corrected chi connectivity index (χ2v) is 4.47. The molecule has 6 heteroatoms. The number of rotatable bonds is 2. The lowest BCUT2D eigenvalue weighted by Gasteiger charge is -2.26. The molecule has 0 saturated carbocycles. The number of piperidine rings is 1. The fraction of sp³-hybridized carbons (Fsp3) is 0.417. The first-order chi connectivity index (χ1) is 8.74. The number of hydrogen-bond donors (Lipinski definition) is 2. The summed E-state index contributed by atoms with van der Waals surface area (Å²) >= 11 is 0. The SMILES string of the molecule is O=C(O)C1CCCC(c2cc3cncnc3o2)N1. The van der Waals surface area contributed by atoms with Crippen LogP contribution < -0.4 is 5.32 Å². The van der Waals surface area contributed by atoms with Crippen molar-refractivity contribution in [2.24, 2.45) is 0 Å². The highest BCUT2D eigenvalue weighted by Gasteiger charge is 2.28. The average Bonchev–Trinajstić information content (AvgIpc) is 2.82. The maximum atomic E-state index is 11.0. The summed E-state index contributed by atoms with van der Waals surface area (Å²) in [5.74, 6) is -0.0768. The van der Waals surface area contributed by atoms with E-state index in [9.17, 15) is 4.79 Å². The molecule has 1 saturated heterocycles. The first kappa shape index (κ1) is 11.2. The van der Waals surface area contributed by atoms with Crippen molar-refractivity contribution in [3.05, 3.63) is 24.4 Å². The van der Waals surface area contributed by atoms with Crippen LogP contribution in [-0.4, -0.2) is 27.1 Å². The minimum Gasteiger partial charge on any atom is -0.480 e. The summed E-state index contributed by atoms with van der Waals surface area (Å²) in [6.45, 7) is 0. The molecule has 6 nitrogen and oxygen atoms in total. The summed E-state index contributed by atoms with van der Waals surface area (Å²) in [5.41, 5.74) is 0.541. The number of aliphatic carboxylic acids is 1. The fourth-order valence-corrected chi connectivity index (χ4v) is 2.33. The minimum absolute atomic E-state index is 0.0611. The van der Waals surface area contributed by atoms with Crippen LogP contribution in [0.25, 0.3) is 11.1 Å². The van der Waals surface area contributed by atoms with Crippen molar-refractivity contribution in [2.75, 3.05) is 0 Å². The number of carboxylic acid groups (broad SMARTS) is 1. The molecule has 18 heavy (non-hydrogen) atoms. The van der Waals surface area contributed by atoms with E-state index in [-0.39, 0.29) is 6.04 Å². The number of carboxylic acids is 1. The first-order valence-electron chi connectivity index (χ1n) is 5.92. The smallest absolute Gasteiger partial charge is 0.320 e. The van der Waals surface area contributed by atoms with Gasteiger partial charge in [0.05, 0.1) is 11.4 Å². The highest BCUT2D eigenvalue weighted by molar-refractivity contribution is 5.74. The van der Waals surface area contributed by atoms with E-state index >= 15 is 0 Å². The van der Waals surface area contributed by atoms with E-state index in [0.717, 1.165) is 24.0 Å². The van der Waals surface area contributed by atoms with E-state index in [1.807, 2.05) is 6.07 Å². The van der Waals surface area contributed by atoms with Crippen LogP contribution in [0.15, 0.2) is 23.0 Å². The van der Waals surface area contributed by atoms with Gasteiger partial charge in [0.2, 0.25) is 5.71 Å². The van der Waals surface area contributed by atoms with Gasteiger partial charge in [0.1, 0.15) is 18.1 Å². The topological polar surface area (TPSA) is 88.2 Å². The van der Waals surface area contributed by atoms with Crippen LogP contribution in [0.5, 0.6) is 0 Å². The number of nitrogens with zero attached hydrogens (tertiary/aromatic N) is 2. The third-order valence-corrected chi connectivity index (χ3v) is 3.24. The van der Waals surface area contributed by atoms with Crippen molar-refractivity contribution >= 4 is 17.1 Å². The van der Waals surface area contributed by atoms with Gasteiger partial charge >= 0.3 is 5.97 Å². The standard InChI is InChI=1S/C12H13N3O3/c16-12(17)9-3-1-2-8(15-9)10-4-7-5-13-6-14-11(7)18-10/h4-6,8-9,15H,1-3H2,(H,16,17). The van der Waals surface area contributed by atoms with Crippen molar-refractivity contribution in [1.29, 1.82) is 0 Å². The van der Waals surface area contributed by atoms with Crippen LogP contribution in [0.3, 0.4) is 0 Å². The molecule has 2 aromatic rings. The Morgan fingerprint density at radius 1 is 1.50 bits per heavy atom. The van der Waals surface area contributed by atoms with Crippen LogP contribution in [0.1, 0.15) is 31.1 Å². The first-order valence-corrected chi connectivity index (χ1v) is 5.92. The summed E-state index contributed by atoms with van der Waals surface area (Å²) in [6, 6.07) is 1.31. The zero-order chi connectivity index (χ0) is 12.5. The third-order valence-electron chi connectivity index (χ3n) is 3.24. The average molecular weight is 247 g/mol. The zero-order valence-corrected chi connectivity index (χ0v) is 9.67. The predicted octanol–water partition coefficient (Wildman–Crippen LogP) is 1.49. The molecule has 0 bridgehead atoms. The monoisotopic (exact) mass is 247 g/mol. The zero-order valence-electron chi connectivity index (χ0n) is 9.67. The molecule has 0 spiro atoms. The molecule has 0 amide bonds. The Morgan fingerprint density at radius 2 is 2.39 bits per heavy atom. The number of hydrogen-bond acceptors (Lipinski definition) is 5. The molecule has 0 aliphatic carbocycles. The number of aromatic nitrogens is 2. The highest BCUT2D eigenvalue weighted by atomic mass is 16.4. The Bertz CT molecular complexity index is 548. The molecule has 94 valence electrons. The maximum absolute atomic E-state index is 11.0. The van der Waals surface area contributed by atoms with Gasteiger partial charge in [-0.3, -0.25) is 10.1 Å². The Balaban J connectivity index is 1.87. The van der Waals surface area contributed by atoms with Crippen LogP contribution >= 0.6 is 0 Å². The van der Waals surface area contributed by atoms with Crippen molar-refractivity contribution in [2.45, 2.75) is 31.3 Å². The van der Waals surface area contributed by atoms with Crippen LogP contribution in [0.2, 0.25) is 0 Å². The summed E-state index contributed by atoms with van der Waals surface area (Å²) in [6.07, 6.45) is 5.52. The fourth-order valence-electron chi connectivity index (χ4n) is 2.33. The second-order valence-electron chi connectivity index (χ2n) is 4.47. The van der Waals surface area contributed by atoms with Gasteiger partial charge in [-0.1, -0.05) is 0 Å². The summed E-state index contributed by atoms with van der Waals surface area (Å²) in [7, 11) is 0. The summed E-state index contributed by atoms with van der Waals surface area (Å²) < 4.78 is 5.63. The minimum atomic E-state index is -0.810. The van der Waals surface area contributed by atoms with Crippen LogP contribution in [0.4, 0.5) is 0 Å². The van der Waals surface area contributed by atoms with E-state index in [1.54, 1.807) is 6.20 Å². The molecule has 2 aromatic heterocycles. The largest absolute Gasteiger partial charge is 0.480 e. The molecule has 3 heterocycles. The van der Waals surface area contributed by atoms with E-state index < -0.39 is 12.0 Å². The van der Waals surface area contributed by atoms with Gasteiger partial charge in [-0.05, 0) is 25.3 Å². The van der Waals surface area contributed by atoms with Gasteiger partial charge in [0.25, 0.3) is 0 Å². The van der Waals surface area contributed by atoms with Crippen LogP contribution in [0, 0.1) is 0 Å². The lowest BCUT2D eigenvalue weighted by atomic mass is 9.97. The highest BCUT2D eigenvalue weighted by Crippen LogP contribution is 2.29. The van der Waals surface area contributed by atoms with Gasteiger partial charge in [-0.2, -0.15) is 0 Å². The molecular weight excluding hydrogens is 234 g/mol. The number of furan rings is 1. The number of fused-ring (bicyclic) bond motifs is 1. The number of carbonyl (C=O) groups is 1. The van der Waals surface area contributed by atoms with E-state index in [4.69, 9.17) is 9.52 Å². The van der Waals surface area contributed by atoms with E-state index in [2.05, 4.69) is 15.3 Å². The van der Waals surface area contributed by atoms with Crippen molar-refractivity contribution < 1.29 is 14.3 Å². The Kier molecular flexibility index (Phi) is 2.71. The lowest BCUT2D eigenvalue weighted by molar-refractivity contribution is -0.140. The normalized spacial score (nSPS) is 24.2. The van der Waals surface area contributed by atoms with E-state index in [0.29, 0.717) is 12.1 Å². The maximum Gasteiger partial charge on any atom is 0.320 e. The number of nitrogens with one attached hydrogen (secondary N) is 1. The van der Waals surface area contributed by atoms with E-state index in [1.165, 1.54) is 6.33 Å². The van der Waals surface area contributed by atoms with Gasteiger partial charge in [-0.15, -0.1) is 0 Å². The van der Waals surface area contributed by atoms with Gasteiger partial charge < -0.3 is 9.52 Å². The molecule has 0 aromatic carbocycles.